The zero-order chi connectivity index (χ0) is 18.7. The quantitative estimate of drug-likeness (QED) is 0.419. The van der Waals surface area contributed by atoms with E-state index in [1.54, 1.807) is 0 Å². The molecule has 0 radical (unpaired) electrons. The Hall–Kier alpha value is -1.72. The molecule has 1 saturated heterocycles. The van der Waals surface area contributed by atoms with E-state index in [4.69, 9.17) is 19.4 Å². The topological polar surface area (TPSA) is 114 Å². The Morgan fingerprint density at radius 3 is 2.32 bits per heavy atom. The second-order valence-corrected chi connectivity index (χ2v) is 7.45. The van der Waals surface area contributed by atoms with Gasteiger partial charge in [-0.05, 0) is 24.3 Å². The van der Waals surface area contributed by atoms with Gasteiger partial charge in [0.25, 0.3) is 5.91 Å². The normalized spacial score (nSPS) is 20.9. The molecule has 140 valence electrons. The van der Waals surface area contributed by atoms with Crippen molar-refractivity contribution in [1.82, 2.24) is 9.79 Å². The molecule has 1 heterocycles. The summed E-state index contributed by atoms with van der Waals surface area (Å²) < 4.78 is 42.6. The van der Waals surface area contributed by atoms with Crippen LogP contribution in [0.1, 0.15) is 12.8 Å². The lowest BCUT2D eigenvalue weighted by molar-refractivity contribution is -0.232. The van der Waals surface area contributed by atoms with E-state index in [2.05, 4.69) is 0 Å². The molecule has 2 rings (SSSR count). The van der Waals surface area contributed by atoms with Crippen LogP contribution in [0, 0.1) is 0 Å². The van der Waals surface area contributed by atoms with Crippen LogP contribution in [0.15, 0.2) is 29.2 Å². The number of nitrogens with zero attached hydrogens (tertiary/aromatic N) is 1. The molecule has 0 aliphatic carbocycles. The number of benzene rings is 1. The number of ether oxygens (including phenoxy) is 3. The van der Waals surface area contributed by atoms with Gasteiger partial charge in [-0.15, -0.1) is 0 Å². The number of carbonyl (C=O) groups is 1. The Morgan fingerprint density at radius 2 is 1.84 bits per heavy atom. The van der Waals surface area contributed by atoms with Crippen molar-refractivity contribution in [3.8, 4) is 5.75 Å². The van der Waals surface area contributed by atoms with Crippen molar-refractivity contribution in [3.05, 3.63) is 24.3 Å². The molecule has 10 heteroatoms. The maximum Gasteiger partial charge on any atom is 0.261 e. The maximum atomic E-state index is 12.9. The Bertz CT molecular complexity index is 701. The highest BCUT2D eigenvalue weighted by atomic mass is 32.2. The molecule has 0 spiro atoms. The lowest BCUT2D eigenvalue weighted by Crippen LogP contribution is -2.58. The molecule has 0 bridgehead atoms. The highest BCUT2D eigenvalue weighted by Crippen LogP contribution is 2.34. The number of nitrogens with one attached hydrogen (secondary N) is 1. The predicted molar refractivity (Wildman–Crippen MR) is 86.6 cm³/mol. The molecule has 9 nitrogen and oxygen atoms in total. The van der Waals surface area contributed by atoms with Crippen molar-refractivity contribution in [2.45, 2.75) is 29.6 Å². The fourth-order valence-electron chi connectivity index (χ4n) is 2.86. The summed E-state index contributed by atoms with van der Waals surface area (Å²) in [6.07, 6.45) is 0.187. The van der Waals surface area contributed by atoms with Gasteiger partial charge in [0, 0.05) is 33.6 Å². The van der Waals surface area contributed by atoms with E-state index in [1.807, 2.05) is 0 Å². The fraction of sp³-hybridized carbons (Fsp3) is 0.533. The van der Waals surface area contributed by atoms with E-state index in [9.17, 15) is 13.2 Å². The number of piperidine rings is 1. The van der Waals surface area contributed by atoms with E-state index in [-0.39, 0.29) is 24.3 Å². The molecule has 1 aliphatic heterocycles. The van der Waals surface area contributed by atoms with E-state index in [0.717, 1.165) is 4.31 Å². The number of carbonyl (C=O) groups excluding carboxylic acids is 1. The van der Waals surface area contributed by atoms with Crippen LogP contribution in [0.4, 0.5) is 0 Å². The van der Waals surface area contributed by atoms with Gasteiger partial charge in [-0.2, -0.15) is 4.31 Å². The van der Waals surface area contributed by atoms with Gasteiger partial charge in [-0.1, -0.05) is 0 Å². The Balaban J connectivity index is 2.38. The molecular weight excluding hydrogens is 352 g/mol. The van der Waals surface area contributed by atoms with Gasteiger partial charge in [0.1, 0.15) is 11.8 Å². The molecule has 1 aromatic carbocycles. The van der Waals surface area contributed by atoms with Gasteiger partial charge < -0.3 is 14.2 Å². The molecular formula is C15H22N2O7S. The molecule has 1 aromatic rings. The number of hydroxylamine groups is 1. The third kappa shape index (κ3) is 3.77. The average Bonchev–Trinajstić information content (AvgIpc) is 2.66. The van der Waals surface area contributed by atoms with Gasteiger partial charge in [0.2, 0.25) is 10.0 Å². The molecule has 1 amide bonds. The monoisotopic (exact) mass is 374 g/mol. The number of hydrogen-bond donors (Lipinski definition) is 2. The highest BCUT2D eigenvalue weighted by Gasteiger charge is 2.47. The highest BCUT2D eigenvalue weighted by molar-refractivity contribution is 7.89. The number of amides is 1. The molecule has 0 saturated carbocycles. The second kappa shape index (κ2) is 7.67. The summed E-state index contributed by atoms with van der Waals surface area (Å²) in [5.41, 5.74) is 1.52. The molecule has 2 N–H and O–H groups in total. The molecule has 1 aliphatic rings. The SMILES string of the molecule is COc1ccc(S(=O)(=O)N2CCC(OC)(OC)CC2C(=O)NO)cc1. The zero-order valence-corrected chi connectivity index (χ0v) is 15.1. The van der Waals surface area contributed by atoms with E-state index < -0.39 is 27.8 Å². The standard InChI is InChI=1S/C15H22N2O7S/c1-22-11-4-6-12(7-5-11)25(20,21)17-9-8-15(23-2,24-3)10-13(17)14(18)16-19/h4-7,13,19H,8-10H2,1-3H3,(H,16,18). The van der Waals surface area contributed by atoms with Gasteiger partial charge in [0.05, 0.1) is 12.0 Å². The van der Waals surface area contributed by atoms with Crippen LogP contribution < -0.4 is 10.2 Å². The zero-order valence-electron chi connectivity index (χ0n) is 14.3. The van der Waals surface area contributed by atoms with Crippen molar-refractivity contribution in [2.24, 2.45) is 0 Å². The van der Waals surface area contributed by atoms with Crippen LogP contribution >= 0.6 is 0 Å². The number of sulfonamides is 1. The molecule has 0 aromatic heterocycles. The summed E-state index contributed by atoms with van der Waals surface area (Å²) in [6.45, 7) is -0.00582. The summed E-state index contributed by atoms with van der Waals surface area (Å²) in [5.74, 6) is -1.43. The van der Waals surface area contributed by atoms with Gasteiger partial charge >= 0.3 is 0 Å². The van der Waals surface area contributed by atoms with Crippen molar-refractivity contribution < 1.29 is 32.6 Å². The minimum Gasteiger partial charge on any atom is -0.497 e. The first-order valence-electron chi connectivity index (χ1n) is 7.53. The van der Waals surface area contributed by atoms with Crippen molar-refractivity contribution >= 4 is 15.9 Å². The molecule has 1 unspecified atom stereocenters. The number of rotatable bonds is 6. The fourth-order valence-corrected chi connectivity index (χ4v) is 4.45. The first-order valence-corrected chi connectivity index (χ1v) is 8.97. The van der Waals surface area contributed by atoms with Crippen molar-refractivity contribution in [2.75, 3.05) is 27.9 Å². The summed E-state index contributed by atoms with van der Waals surface area (Å²) in [4.78, 5) is 12.1. The lowest BCUT2D eigenvalue weighted by Gasteiger charge is -2.43. The smallest absolute Gasteiger partial charge is 0.261 e. The number of methoxy groups -OCH3 is 3. The van der Waals surface area contributed by atoms with E-state index in [0.29, 0.717) is 5.75 Å². The Kier molecular flexibility index (Phi) is 6.01. The average molecular weight is 374 g/mol. The minimum atomic E-state index is -3.96. The largest absolute Gasteiger partial charge is 0.497 e. The lowest BCUT2D eigenvalue weighted by atomic mass is 9.97. The van der Waals surface area contributed by atoms with Crippen LogP contribution in [-0.2, 0) is 24.3 Å². The van der Waals surface area contributed by atoms with E-state index in [1.165, 1.54) is 51.1 Å². The minimum absolute atomic E-state index is 0.00582. The molecule has 25 heavy (non-hydrogen) atoms. The second-order valence-electron chi connectivity index (χ2n) is 5.56. The van der Waals surface area contributed by atoms with Gasteiger partial charge in [-0.25, -0.2) is 13.9 Å². The van der Waals surface area contributed by atoms with Gasteiger partial charge in [0.15, 0.2) is 5.79 Å². The first-order chi connectivity index (χ1) is 11.8. The van der Waals surface area contributed by atoms with Crippen LogP contribution in [0.3, 0.4) is 0 Å². The van der Waals surface area contributed by atoms with E-state index >= 15 is 0 Å². The van der Waals surface area contributed by atoms with Crippen LogP contribution in [0.25, 0.3) is 0 Å². The molecule has 1 atom stereocenters. The summed E-state index contributed by atoms with van der Waals surface area (Å²) in [5, 5.41) is 9.01. The van der Waals surface area contributed by atoms with Crippen molar-refractivity contribution in [3.63, 3.8) is 0 Å². The van der Waals surface area contributed by atoms with Crippen LogP contribution in [-0.4, -0.2) is 63.5 Å². The van der Waals surface area contributed by atoms with Crippen LogP contribution in [0.2, 0.25) is 0 Å². The predicted octanol–water partition coefficient (Wildman–Crippen LogP) is 0.343. The summed E-state index contributed by atoms with van der Waals surface area (Å²) in [6, 6.07) is 4.66. The third-order valence-corrected chi connectivity index (χ3v) is 6.31. The summed E-state index contributed by atoms with van der Waals surface area (Å²) >= 11 is 0. The maximum absolute atomic E-state index is 12.9. The Labute approximate surface area is 146 Å². The molecule has 1 fully saturated rings. The third-order valence-electron chi connectivity index (χ3n) is 4.39. The Morgan fingerprint density at radius 1 is 1.24 bits per heavy atom. The summed E-state index contributed by atoms with van der Waals surface area (Å²) in [7, 11) is 0.357. The van der Waals surface area contributed by atoms with Crippen molar-refractivity contribution in [1.29, 1.82) is 0 Å². The van der Waals surface area contributed by atoms with Gasteiger partial charge in [-0.3, -0.25) is 10.0 Å². The van der Waals surface area contributed by atoms with Crippen LogP contribution in [0.5, 0.6) is 5.75 Å². The first kappa shape index (κ1) is 19.6. The number of hydrogen-bond acceptors (Lipinski definition) is 7.